The molecule has 2 nitrogen and oxygen atoms in total. The van der Waals surface area contributed by atoms with Gasteiger partial charge in [0.1, 0.15) is 13.7 Å². The van der Waals surface area contributed by atoms with E-state index in [0.717, 1.165) is 10.9 Å². The summed E-state index contributed by atoms with van der Waals surface area (Å²) >= 11 is 0. The predicted molar refractivity (Wildman–Crippen MR) is 80.4 cm³/mol. The highest BCUT2D eigenvalue weighted by atomic mass is 19.1. The third-order valence-corrected chi connectivity index (χ3v) is 3.27. The smallest absolute Gasteiger partial charge is 0.123 e. The fraction of sp³-hybridized carbons (Fsp3) is 0.0625. The number of fused-ring (bicyclic) bond motifs is 1. The van der Waals surface area contributed by atoms with Crippen molar-refractivity contribution in [2.24, 2.45) is 5.73 Å². The molecule has 0 bridgehead atoms. The largest absolute Gasteiger partial charge is 0.326 e. The zero-order valence-electron chi connectivity index (χ0n) is 10.8. The van der Waals surface area contributed by atoms with Crippen LogP contribution in [0.15, 0.2) is 48.5 Å². The highest BCUT2D eigenvalue weighted by Gasteiger charge is 2.10. The molecule has 0 spiro atoms. The van der Waals surface area contributed by atoms with Gasteiger partial charge in [-0.15, -0.1) is 0 Å². The van der Waals surface area contributed by atoms with Crippen molar-refractivity contribution >= 4 is 24.2 Å². The SMILES string of the molecule is [B]c1cccc2cc(CN)c(-c3cccc(F)c3)nc12. The van der Waals surface area contributed by atoms with Gasteiger partial charge in [-0.1, -0.05) is 35.8 Å². The van der Waals surface area contributed by atoms with E-state index in [4.69, 9.17) is 13.6 Å². The molecule has 20 heavy (non-hydrogen) atoms. The highest BCUT2D eigenvalue weighted by molar-refractivity contribution is 6.38. The van der Waals surface area contributed by atoms with Crippen molar-refractivity contribution in [1.29, 1.82) is 0 Å². The van der Waals surface area contributed by atoms with Gasteiger partial charge in [0.15, 0.2) is 0 Å². The molecule has 0 unspecified atom stereocenters. The molecule has 0 atom stereocenters. The summed E-state index contributed by atoms with van der Waals surface area (Å²) in [5.74, 6) is -0.298. The van der Waals surface area contributed by atoms with Crippen LogP contribution in [0, 0.1) is 5.82 Å². The van der Waals surface area contributed by atoms with Gasteiger partial charge in [-0.05, 0) is 29.1 Å². The van der Waals surface area contributed by atoms with Crippen LogP contribution in [0.25, 0.3) is 22.2 Å². The number of aromatic nitrogens is 1. The Labute approximate surface area is 117 Å². The van der Waals surface area contributed by atoms with Crippen LogP contribution >= 0.6 is 0 Å². The minimum Gasteiger partial charge on any atom is -0.326 e. The summed E-state index contributed by atoms with van der Waals surface area (Å²) in [4.78, 5) is 4.59. The maximum Gasteiger partial charge on any atom is 0.123 e. The first-order chi connectivity index (χ1) is 9.69. The number of pyridine rings is 1. The van der Waals surface area contributed by atoms with Crippen molar-refractivity contribution in [3.05, 3.63) is 59.9 Å². The van der Waals surface area contributed by atoms with Gasteiger partial charge in [-0.3, -0.25) is 0 Å². The van der Waals surface area contributed by atoms with Crippen LogP contribution in [-0.2, 0) is 6.54 Å². The molecule has 2 N–H and O–H groups in total. The van der Waals surface area contributed by atoms with Gasteiger partial charge in [0.25, 0.3) is 0 Å². The Bertz CT molecular complexity index is 787. The van der Waals surface area contributed by atoms with E-state index in [1.54, 1.807) is 12.1 Å². The molecule has 2 radical (unpaired) electrons. The Hall–Kier alpha value is -2.20. The lowest BCUT2D eigenvalue weighted by atomic mass is 9.92. The lowest BCUT2D eigenvalue weighted by Crippen LogP contribution is -2.08. The number of halogens is 1. The van der Waals surface area contributed by atoms with Crippen LogP contribution < -0.4 is 11.2 Å². The second kappa shape index (κ2) is 5.06. The van der Waals surface area contributed by atoms with Gasteiger partial charge >= 0.3 is 0 Å². The summed E-state index contributed by atoms with van der Waals surface area (Å²) < 4.78 is 13.4. The molecule has 2 aromatic carbocycles. The lowest BCUT2D eigenvalue weighted by molar-refractivity contribution is 0.628. The number of nitrogens with two attached hydrogens (primary N) is 1. The Balaban J connectivity index is 2.31. The molecule has 1 heterocycles. The molecule has 0 amide bonds. The normalized spacial score (nSPS) is 10.9. The third-order valence-electron chi connectivity index (χ3n) is 3.27. The van der Waals surface area contributed by atoms with E-state index in [1.165, 1.54) is 12.1 Å². The van der Waals surface area contributed by atoms with Crippen LogP contribution in [-0.4, -0.2) is 12.8 Å². The van der Waals surface area contributed by atoms with Gasteiger partial charge < -0.3 is 5.73 Å². The first kappa shape index (κ1) is 12.8. The van der Waals surface area contributed by atoms with Crippen molar-refractivity contribution in [3.8, 4) is 11.3 Å². The Morgan fingerprint density at radius 1 is 1.10 bits per heavy atom. The van der Waals surface area contributed by atoms with Crippen LogP contribution in [0.2, 0.25) is 0 Å². The van der Waals surface area contributed by atoms with Crippen LogP contribution in [0.1, 0.15) is 5.56 Å². The van der Waals surface area contributed by atoms with Gasteiger partial charge in [-0.2, -0.15) is 0 Å². The zero-order valence-corrected chi connectivity index (χ0v) is 10.8. The minimum atomic E-state index is -0.298. The number of hydrogen-bond donors (Lipinski definition) is 1. The molecule has 1 aromatic heterocycles. The standard InChI is InChI=1S/C16H12BFN2/c17-14-6-2-4-10-7-12(9-19)15(20-16(10)14)11-3-1-5-13(18)8-11/h1-8H,9,19H2. The van der Waals surface area contributed by atoms with Crippen LogP contribution in [0.5, 0.6) is 0 Å². The summed E-state index contributed by atoms with van der Waals surface area (Å²) in [5.41, 5.74) is 9.35. The molecule has 0 aliphatic rings. The van der Waals surface area contributed by atoms with E-state index in [9.17, 15) is 4.39 Å². The zero-order chi connectivity index (χ0) is 14.1. The highest BCUT2D eigenvalue weighted by Crippen LogP contribution is 2.25. The Morgan fingerprint density at radius 3 is 2.65 bits per heavy atom. The number of benzene rings is 2. The fourth-order valence-corrected chi connectivity index (χ4v) is 2.31. The number of rotatable bonds is 2. The predicted octanol–water partition coefficient (Wildman–Crippen LogP) is 2.29. The van der Waals surface area contributed by atoms with Gasteiger partial charge in [0, 0.05) is 12.1 Å². The summed E-state index contributed by atoms with van der Waals surface area (Å²) in [6, 6.07) is 13.9. The molecule has 0 aliphatic heterocycles. The monoisotopic (exact) mass is 262 g/mol. The average molecular weight is 262 g/mol. The first-order valence-corrected chi connectivity index (χ1v) is 6.33. The van der Waals surface area contributed by atoms with Crippen LogP contribution in [0.3, 0.4) is 0 Å². The fourth-order valence-electron chi connectivity index (χ4n) is 2.31. The quantitative estimate of drug-likeness (QED) is 0.719. The molecule has 3 aromatic rings. The topological polar surface area (TPSA) is 38.9 Å². The molecule has 0 saturated carbocycles. The second-order valence-electron chi connectivity index (χ2n) is 4.63. The maximum atomic E-state index is 13.4. The van der Waals surface area contributed by atoms with E-state index in [1.807, 2.05) is 24.3 Å². The van der Waals surface area contributed by atoms with E-state index in [-0.39, 0.29) is 5.82 Å². The average Bonchev–Trinajstić information content (AvgIpc) is 2.46. The molecule has 0 saturated heterocycles. The summed E-state index contributed by atoms with van der Waals surface area (Å²) in [5, 5.41) is 0.936. The van der Waals surface area contributed by atoms with Crippen molar-refractivity contribution < 1.29 is 4.39 Å². The van der Waals surface area contributed by atoms with E-state index in [2.05, 4.69) is 4.98 Å². The lowest BCUT2D eigenvalue weighted by Gasteiger charge is -2.11. The molecule has 3 rings (SSSR count). The molecule has 4 heteroatoms. The van der Waals surface area contributed by atoms with E-state index >= 15 is 0 Å². The summed E-state index contributed by atoms with van der Waals surface area (Å²) in [6.45, 7) is 0.337. The molecule has 0 aliphatic carbocycles. The Kier molecular flexibility index (Phi) is 3.24. The van der Waals surface area contributed by atoms with Crippen LogP contribution in [0.4, 0.5) is 4.39 Å². The van der Waals surface area contributed by atoms with Gasteiger partial charge in [0.05, 0.1) is 11.2 Å². The molecular formula is C16H12BFN2. The number of hydrogen-bond acceptors (Lipinski definition) is 2. The number of nitrogens with zero attached hydrogens (tertiary/aromatic N) is 1. The van der Waals surface area contributed by atoms with Crippen molar-refractivity contribution in [2.45, 2.75) is 6.54 Å². The summed E-state index contributed by atoms with van der Waals surface area (Å²) in [6.07, 6.45) is 0. The van der Waals surface area contributed by atoms with Gasteiger partial charge in [0.2, 0.25) is 0 Å². The maximum absolute atomic E-state index is 13.4. The molecule has 96 valence electrons. The van der Waals surface area contributed by atoms with Gasteiger partial charge in [-0.25, -0.2) is 9.37 Å². The van der Waals surface area contributed by atoms with Crippen molar-refractivity contribution in [1.82, 2.24) is 4.98 Å². The van der Waals surface area contributed by atoms with Crippen molar-refractivity contribution in [3.63, 3.8) is 0 Å². The minimum absolute atomic E-state index is 0.298. The first-order valence-electron chi connectivity index (χ1n) is 6.33. The third kappa shape index (κ3) is 2.19. The van der Waals surface area contributed by atoms with Crippen molar-refractivity contribution in [2.75, 3.05) is 0 Å². The molecule has 0 fully saturated rings. The second-order valence-corrected chi connectivity index (χ2v) is 4.63. The molecular weight excluding hydrogens is 250 g/mol. The number of para-hydroxylation sites is 1. The van der Waals surface area contributed by atoms with E-state index < -0.39 is 0 Å². The van der Waals surface area contributed by atoms with E-state index in [0.29, 0.717) is 28.8 Å². The summed E-state index contributed by atoms with van der Waals surface area (Å²) in [7, 11) is 5.96. The Morgan fingerprint density at radius 2 is 1.90 bits per heavy atom.